The number of carbonyl (C=O) groups excluding carboxylic acids is 2. The molecule has 1 atom stereocenters. The first-order valence-corrected chi connectivity index (χ1v) is 28.2. The van der Waals surface area contributed by atoms with E-state index in [2.05, 4.69) is 69.4 Å². The molecule has 0 bridgehead atoms. The van der Waals surface area contributed by atoms with E-state index in [-0.39, 0.29) is 25.2 Å². The van der Waals surface area contributed by atoms with E-state index in [1.165, 1.54) is 173 Å². The lowest BCUT2D eigenvalue weighted by Crippen LogP contribution is -2.30. The van der Waals surface area contributed by atoms with Gasteiger partial charge in [0.25, 0.3) is 0 Å². The van der Waals surface area contributed by atoms with Crippen molar-refractivity contribution in [1.29, 1.82) is 0 Å². The molecule has 0 radical (unpaired) electrons. The molecule has 0 heterocycles. The highest BCUT2D eigenvalue weighted by atomic mass is 16.6. The minimum atomic E-state index is -0.547. The molecule has 0 aliphatic rings. The molecule has 0 unspecified atom stereocenters. The second-order valence-electron chi connectivity index (χ2n) is 18.8. The summed E-state index contributed by atoms with van der Waals surface area (Å²) in [6.07, 6.45) is 68.4. The Kier molecular flexibility index (Phi) is 53.3. The molecular weight excluding hydrogens is 789 g/mol. The molecule has 0 saturated heterocycles. The Morgan fingerprint density at radius 2 is 0.656 bits per heavy atom. The first-order valence-electron chi connectivity index (χ1n) is 28.2. The molecule has 0 saturated carbocycles. The predicted octanol–water partition coefficient (Wildman–Crippen LogP) is 19.1. The van der Waals surface area contributed by atoms with Crippen molar-refractivity contribution in [2.45, 2.75) is 297 Å². The predicted molar refractivity (Wildman–Crippen MR) is 279 cm³/mol. The Balaban J connectivity index is 4.29. The van der Waals surface area contributed by atoms with Crippen LogP contribution < -0.4 is 0 Å². The van der Waals surface area contributed by atoms with Gasteiger partial charge >= 0.3 is 11.9 Å². The van der Waals surface area contributed by atoms with Crippen LogP contribution in [0, 0.1) is 0 Å². The third-order valence-electron chi connectivity index (χ3n) is 12.3. The van der Waals surface area contributed by atoms with E-state index < -0.39 is 6.10 Å². The van der Waals surface area contributed by atoms with Crippen LogP contribution in [-0.4, -0.2) is 37.9 Å². The molecule has 0 spiro atoms. The zero-order valence-electron chi connectivity index (χ0n) is 43.1. The van der Waals surface area contributed by atoms with Gasteiger partial charge in [0.05, 0.1) is 6.61 Å². The lowest BCUT2D eigenvalue weighted by molar-refractivity contribution is -0.163. The normalized spacial score (nSPS) is 12.5. The fourth-order valence-electron chi connectivity index (χ4n) is 8.10. The molecule has 374 valence electrons. The minimum absolute atomic E-state index is 0.0738. The Labute approximate surface area is 399 Å². The summed E-state index contributed by atoms with van der Waals surface area (Å²) in [4.78, 5) is 25.5. The van der Waals surface area contributed by atoms with Gasteiger partial charge < -0.3 is 14.2 Å². The summed E-state index contributed by atoms with van der Waals surface area (Å²) in [5, 5.41) is 0. The molecule has 0 aromatic rings. The van der Waals surface area contributed by atoms with E-state index in [9.17, 15) is 9.59 Å². The van der Waals surface area contributed by atoms with Crippen LogP contribution >= 0.6 is 0 Å². The highest BCUT2D eigenvalue weighted by Gasteiger charge is 2.17. The number of hydrogen-bond acceptors (Lipinski definition) is 5. The number of hydrogen-bond donors (Lipinski definition) is 0. The fraction of sp³-hybridized carbons (Fsp3) is 0.831. The van der Waals surface area contributed by atoms with Crippen molar-refractivity contribution in [3.05, 3.63) is 48.6 Å². The summed E-state index contributed by atoms with van der Waals surface area (Å²) in [5.74, 6) is -0.418. The first-order chi connectivity index (χ1) is 31.6. The maximum atomic E-state index is 12.8. The van der Waals surface area contributed by atoms with Crippen LogP contribution in [0.5, 0.6) is 0 Å². The van der Waals surface area contributed by atoms with Crippen molar-refractivity contribution in [2.75, 3.05) is 19.8 Å². The van der Waals surface area contributed by atoms with Gasteiger partial charge in [-0.1, -0.05) is 243 Å². The zero-order valence-corrected chi connectivity index (χ0v) is 43.1. The van der Waals surface area contributed by atoms with Gasteiger partial charge in [-0.05, 0) is 83.5 Å². The van der Waals surface area contributed by atoms with Gasteiger partial charge in [0.1, 0.15) is 6.61 Å². The van der Waals surface area contributed by atoms with E-state index >= 15 is 0 Å². The summed E-state index contributed by atoms with van der Waals surface area (Å²) < 4.78 is 17.4. The Hall–Kier alpha value is -2.14. The number of esters is 2. The van der Waals surface area contributed by atoms with Crippen LogP contribution in [0.1, 0.15) is 290 Å². The minimum Gasteiger partial charge on any atom is -0.462 e. The summed E-state index contributed by atoms with van der Waals surface area (Å²) in [6.45, 7) is 7.81. The molecule has 0 N–H and O–H groups in total. The molecule has 0 aromatic heterocycles. The van der Waals surface area contributed by atoms with Gasteiger partial charge in [-0.15, -0.1) is 0 Å². The SMILES string of the molecule is CCCCC/C=C\C/C=C\C/C=C\CCCCCCC(=O)OC[C@@H](COCCCCCCCCCCCCCCCCCC)OC(=O)CCCCCCC/C=C\CCCCCCCC. The maximum Gasteiger partial charge on any atom is 0.306 e. The number of rotatable bonds is 52. The first kappa shape index (κ1) is 61.9. The average Bonchev–Trinajstić information content (AvgIpc) is 3.30. The third-order valence-corrected chi connectivity index (χ3v) is 12.3. The third kappa shape index (κ3) is 52.5. The standard InChI is InChI=1S/C59H108O5/c1-4-7-10-13-16-19-22-25-28-30-32-34-37-40-43-46-49-52-58(60)63-56-57(55-62-54-51-48-45-42-39-36-33-29-26-23-20-17-14-11-8-5-2)64-59(61)53-50-47-44-41-38-35-31-27-24-21-18-15-12-9-6-3/h16,19,25,27-28,31-32,34,57H,4-15,17-18,20-24,26,29-30,33,35-56H2,1-3H3/b19-16-,28-25-,31-27-,34-32-/t57-/m1/s1. The molecule has 0 rings (SSSR count). The Bertz CT molecular complexity index is 1060. The van der Waals surface area contributed by atoms with Gasteiger partial charge in [0.2, 0.25) is 0 Å². The topological polar surface area (TPSA) is 61.8 Å². The Morgan fingerprint density at radius 1 is 0.344 bits per heavy atom. The molecule has 0 fully saturated rings. The second kappa shape index (κ2) is 55.2. The maximum absolute atomic E-state index is 12.8. The highest BCUT2D eigenvalue weighted by molar-refractivity contribution is 5.70. The van der Waals surface area contributed by atoms with Crippen LogP contribution in [0.3, 0.4) is 0 Å². The molecule has 0 aromatic carbocycles. The summed E-state index contributed by atoms with van der Waals surface area (Å²) in [7, 11) is 0. The highest BCUT2D eigenvalue weighted by Crippen LogP contribution is 2.15. The van der Waals surface area contributed by atoms with E-state index in [0.717, 1.165) is 83.5 Å². The molecule has 5 nitrogen and oxygen atoms in total. The molecule has 0 aliphatic carbocycles. The molecule has 0 amide bonds. The van der Waals surface area contributed by atoms with Crippen molar-refractivity contribution in [3.8, 4) is 0 Å². The fourth-order valence-corrected chi connectivity index (χ4v) is 8.10. The monoisotopic (exact) mass is 897 g/mol. The van der Waals surface area contributed by atoms with Crippen LogP contribution in [0.2, 0.25) is 0 Å². The van der Waals surface area contributed by atoms with Gasteiger partial charge in [-0.2, -0.15) is 0 Å². The Morgan fingerprint density at radius 3 is 1.09 bits per heavy atom. The van der Waals surface area contributed by atoms with E-state index in [4.69, 9.17) is 14.2 Å². The van der Waals surface area contributed by atoms with Crippen LogP contribution in [0.15, 0.2) is 48.6 Å². The van der Waals surface area contributed by atoms with Gasteiger partial charge in [0, 0.05) is 19.4 Å². The van der Waals surface area contributed by atoms with Crippen LogP contribution in [-0.2, 0) is 23.8 Å². The summed E-state index contributed by atoms with van der Waals surface area (Å²) in [5.41, 5.74) is 0. The summed E-state index contributed by atoms with van der Waals surface area (Å²) in [6, 6.07) is 0. The molecule has 64 heavy (non-hydrogen) atoms. The van der Waals surface area contributed by atoms with Crippen LogP contribution in [0.25, 0.3) is 0 Å². The zero-order chi connectivity index (χ0) is 46.3. The van der Waals surface area contributed by atoms with Crippen LogP contribution in [0.4, 0.5) is 0 Å². The number of carbonyl (C=O) groups is 2. The van der Waals surface area contributed by atoms with Crippen molar-refractivity contribution < 1.29 is 23.8 Å². The molecule has 0 aliphatic heterocycles. The number of ether oxygens (including phenoxy) is 3. The van der Waals surface area contributed by atoms with Crippen molar-refractivity contribution in [1.82, 2.24) is 0 Å². The average molecular weight is 898 g/mol. The lowest BCUT2D eigenvalue weighted by atomic mass is 10.0. The van der Waals surface area contributed by atoms with Crippen molar-refractivity contribution in [3.63, 3.8) is 0 Å². The largest absolute Gasteiger partial charge is 0.462 e. The molecule has 5 heteroatoms. The van der Waals surface area contributed by atoms with Crippen molar-refractivity contribution >= 4 is 11.9 Å². The van der Waals surface area contributed by atoms with Gasteiger partial charge in [0.15, 0.2) is 6.10 Å². The van der Waals surface area contributed by atoms with Gasteiger partial charge in [-0.25, -0.2) is 0 Å². The number of unbranched alkanes of at least 4 members (excludes halogenated alkanes) is 33. The van der Waals surface area contributed by atoms with Crippen molar-refractivity contribution in [2.24, 2.45) is 0 Å². The summed E-state index contributed by atoms with van der Waals surface area (Å²) >= 11 is 0. The molecular formula is C59H108O5. The van der Waals surface area contributed by atoms with E-state index in [0.29, 0.717) is 19.4 Å². The number of allylic oxidation sites excluding steroid dienone is 8. The quantitative estimate of drug-likeness (QED) is 0.0346. The lowest BCUT2D eigenvalue weighted by Gasteiger charge is -2.18. The second-order valence-corrected chi connectivity index (χ2v) is 18.8. The smallest absolute Gasteiger partial charge is 0.306 e. The van der Waals surface area contributed by atoms with Gasteiger partial charge in [-0.3, -0.25) is 9.59 Å². The van der Waals surface area contributed by atoms with E-state index in [1.807, 2.05) is 0 Å². The van der Waals surface area contributed by atoms with E-state index in [1.54, 1.807) is 0 Å².